The van der Waals surface area contributed by atoms with Crippen molar-refractivity contribution in [2.24, 2.45) is 5.73 Å². The Morgan fingerprint density at radius 1 is 0.905 bits per heavy atom. The summed E-state index contributed by atoms with van der Waals surface area (Å²) in [6.45, 7) is 0.0439. The maximum Gasteiger partial charge on any atom is 0.573 e. The molecule has 0 aromatic heterocycles. The minimum atomic E-state index is -4.76. The lowest BCUT2D eigenvalue weighted by atomic mass is 10.1. The molecule has 0 amide bonds. The standard InChI is InChI=1S/C15H14F3NO2/c16-15(17,18)21-14-9-5-4-8-13(14)20-10-12(19)11-6-2-1-3-7-11/h1-9,12H,10,19H2. The van der Waals surface area contributed by atoms with Crippen molar-refractivity contribution in [3.63, 3.8) is 0 Å². The van der Waals surface area contributed by atoms with Gasteiger partial charge in [0.15, 0.2) is 11.5 Å². The number of hydrogen-bond acceptors (Lipinski definition) is 3. The van der Waals surface area contributed by atoms with E-state index >= 15 is 0 Å². The fourth-order valence-electron chi connectivity index (χ4n) is 1.75. The first-order valence-electron chi connectivity index (χ1n) is 6.24. The summed E-state index contributed by atoms with van der Waals surface area (Å²) in [6, 6.07) is 14.3. The Bertz CT molecular complexity index is 573. The normalized spacial score (nSPS) is 12.8. The molecule has 2 rings (SSSR count). The van der Waals surface area contributed by atoms with Crippen LogP contribution in [0.5, 0.6) is 11.5 Å². The van der Waals surface area contributed by atoms with Gasteiger partial charge >= 0.3 is 6.36 Å². The molecular formula is C15H14F3NO2. The van der Waals surface area contributed by atoms with E-state index in [4.69, 9.17) is 10.5 Å². The molecule has 21 heavy (non-hydrogen) atoms. The molecule has 0 aliphatic rings. The highest BCUT2D eigenvalue weighted by Gasteiger charge is 2.32. The van der Waals surface area contributed by atoms with Crippen molar-refractivity contribution < 1.29 is 22.6 Å². The van der Waals surface area contributed by atoms with Crippen LogP contribution < -0.4 is 15.2 Å². The third-order valence-electron chi connectivity index (χ3n) is 2.72. The third-order valence-corrected chi connectivity index (χ3v) is 2.72. The lowest BCUT2D eigenvalue weighted by molar-refractivity contribution is -0.275. The third kappa shape index (κ3) is 4.68. The summed E-state index contributed by atoms with van der Waals surface area (Å²) in [6.07, 6.45) is -4.76. The molecule has 2 N–H and O–H groups in total. The highest BCUT2D eigenvalue weighted by Crippen LogP contribution is 2.32. The van der Waals surface area contributed by atoms with Gasteiger partial charge in [-0.25, -0.2) is 0 Å². The zero-order chi connectivity index (χ0) is 15.3. The van der Waals surface area contributed by atoms with E-state index in [1.807, 2.05) is 30.3 Å². The van der Waals surface area contributed by atoms with E-state index in [0.29, 0.717) is 0 Å². The van der Waals surface area contributed by atoms with E-state index in [1.165, 1.54) is 18.2 Å². The predicted molar refractivity (Wildman–Crippen MR) is 72.0 cm³/mol. The van der Waals surface area contributed by atoms with E-state index in [0.717, 1.165) is 5.56 Å². The maximum absolute atomic E-state index is 12.3. The van der Waals surface area contributed by atoms with E-state index < -0.39 is 12.4 Å². The summed E-state index contributed by atoms with van der Waals surface area (Å²) < 4.78 is 46.1. The van der Waals surface area contributed by atoms with Crippen molar-refractivity contribution in [3.8, 4) is 11.5 Å². The molecule has 1 unspecified atom stereocenters. The van der Waals surface area contributed by atoms with Crippen molar-refractivity contribution >= 4 is 0 Å². The first kappa shape index (κ1) is 15.2. The molecule has 2 aromatic rings. The van der Waals surface area contributed by atoms with Gasteiger partial charge in [0.2, 0.25) is 0 Å². The maximum atomic E-state index is 12.3. The number of benzene rings is 2. The van der Waals surface area contributed by atoms with Gasteiger partial charge in [0, 0.05) is 0 Å². The van der Waals surface area contributed by atoms with Crippen LogP contribution in [0.15, 0.2) is 54.6 Å². The molecule has 0 aliphatic heterocycles. The Hall–Kier alpha value is -2.21. The number of ether oxygens (including phenoxy) is 2. The quantitative estimate of drug-likeness (QED) is 0.916. The Balaban J connectivity index is 2.03. The molecule has 2 aromatic carbocycles. The van der Waals surface area contributed by atoms with Crippen LogP contribution in [0, 0.1) is 0 Å². The molecule has 0 bridgehead atoms. The molecule has 0 saturated carbocycles. The van der Waals surface area contributed by atoms with Crippen molar-refractivity contribution in [3.05, 3.63) is 60.2 Å². The summed E-state index contributed by atoms with van der Waals surface area (Å²) in [5, 5.41) is 0. The second-order valence-electron chi connectivity index (χ2n) is 4.32. The van der Waals surface area contributed by atoms with E-state index in [9.17, 15) is 13.2 Å². The zero-order valence-electron chi connectivity index (χ0n) is 11.0. The van der Waals surface area contributed by atoms with Crippen LogP contribution in [-0.2, 0) is 0 Å². The molecule has 0 saturated heterocycles. The number of rotatable bonds is 5. The van der Waals surface area contributed by atoms with Gasteiger partial charge in [0.25, 0.3) is 0 Å². The summed E-state index contributed by atoms with van der Waals surface area (Å²) in [5.41, 5.74) is 6.77. The molecule has 0 fully saturated rings. The first-order chi connectivity index (χ1) is 9.96. The van der Waals surface area contributed by atoms with E-state index in [2.05, 4.69) is 4.74 Å². The minimum absolute atomic E-state index is 0.00112. The molecular weight excluding hydrogens is 283 g/mol. The Labute approximate surface area is 120 Å². The Kier molecular flexibility index (Phi) is 4.70. The molecule has 0 heterocycles. The van der Waals surface area contributed by atoms with Crippen molar-refractivity contribution in [1.29, 1.82) is 0 Å². The smallest absolute Gasteiger partial charge is 0.488 e. The molecule has 0 radical (unpaired) electrons. The van der Waals surface area contributed by atoms with Gasteiger partial charge in [-0.2, -0.15) is 0 Å². The molecule has 112 valence electrons. The molecule has 0 aliphatic carbocycles. The van der Waals surface area contributed by atoms with Crippen molar-refractivity contribution in [2.75, 3.05) is 6.61 Å². The largest absolute Gasteiger partial charge is 0.573 e. The summed E-state index contributed by atoms with van der Waals surface area (Å²) in [7, 11) is 0. The van der Waals surface area contributed by atoms with Crippen molar-refractivity contribution in [1.82, 2.24) is 0 Å². The monoisotopic (exact) mass is 297 g/mol. The molecule has 1 atom stereocenters. The SMILES string of the molecule is NC(COc1ccccc1OC(F)(F)F)c1ccccc1. The van der Waals surface area contributed by atoms with Crippen molar-refractivity contribution in [2.45, 2.75) is 12.4 Å². The van der Waals surface area contributed by atoms with E-state index in [-0.39, 0.29) is 18.1 Å². The number of halogens is 3. The first-order valence-corrected chi connectivity index (χ1v) is 6.24. The van der Waals surface area contributed by atoms with Gasteiger partial charge in [-0.15, -0.1) is 13.2 Å². The Morgan fingerprint density at radius 3 is 2.10 bits per heavy atom. The average Bonchev–Trinajstić information content (AvgIpc) is 2.45. The summed E-state index contributed by atoms with van der Waals surface area (Å²) in [4.78, 5) is 0. The number of nitrogens with two attached hydrogens (primary N) is 1. The number of alkyl halides is 3. The lowest BCUT2D eigenvalue weighted by Gasteiger charge is -2.16. The van der Waals surface area contributed by atoms with Crippen LogP contribution in [0.1, 0.15) is 11.6 Å². The minimum Gasteiger partial charge on any atom is -0.488 e. The second-order valence-corrected chi connectivity index (χ2v) is 4.32. The summed E-state index contributed by atoms with van der Waals surface area (Å²) in [5.74, 6) is -0.383. The van der Waals surface area contributed by atoms with Gasteiger partial charge in [-0.3, -0.25) is 0 Å². The predicted octanol–water partition coefficient (Wildman–Crippen LogP) is 3.66. The average molecular weight is 297 g/mol. The van der Waals surface area contributed by atoms with Crippen LogP contribution in [0.3, 0.4) is 0 Å². The molecule has 6 heteroatoms. The van der Waals surface area contributed by atoms with Gasteiger partial charge in [0.1, 0.15) is 6.61 Å². The lowest BCUT2D eigenvalue weighted by Crippen LogP contribution is -2.20. The van der Waals surface area contributed by atoms with E-state index in [1.54, 1.807) is 6.07 Å². The van der Waals surface area contributed by atoms with Crippen LogP contribution in [0.25, 0.3) is 0 Å². The second kappa shape index (κ2) is 6.49. The number of hydrogen-bond donors (Lipinski definition) is 1. The number of para-hydroxylation sites is 2. The van der Waals surface area contributed by atoms with Gasteiger partial charge in [0.05, 0.1) is 6.04 Å². The van der Waals surface area contributed by atoms with Crippen LogP contribution >= 0.6 is 0 Å². The fraction of sp³-hybridized carbons (Fsp3) is 0.200. The van der Waals surface area contributed by atoms with Crippen LogP contribution in [-0.4, -0.2) is 13.0 Å². The van der Waals surface area contributed by atoms with Gasteiger partial charge in [-0.05, 0) is 17.7 Å². The highest BCUT2D eigenvalue weighted by molar-refractivity contribution is 5.39. The fourth-order valence-corrected chi connectivity index (χ4v) is 1.75. The topological polar surface area (TPSA) is 44.5 Å². The van der Waals surface area contributed by atoms with Crippen LogP contribution in [0.4, 0.5) is 13.2 Å². The molecule has 3 nitrogen and oxygen atoms in total. The Morgan fingerprint density at radius 2 is 1.48 bits per heavy atom. The molecule has 0 spiro atoms. The van der Waals surface area contributed by atoms with Gasteiger partial charge in [-0.1, -0.05) is 42.5 Å². The highest BCUT2D eigenvalue weighted by atomic mass is 19.4. The summed E-state index contributed by atoms with van der Waals surface area (Å²) >= 11 is 0. The zero-order valence-corrected chi connectivity index (χ0v) is 11.0. The van der Waals surface area contributed by atoms with Gasteiger partial charge < -0.3 is 15.2 Å². The van der Waals surface area contributed by atoms with Crippen LogP contribution in [0.2, 0.25) is 0 Å².